The van der Waals surface area contributed by atoms with Crippen molar-refractivity contribution in [2.75, 3.05) is 6.54 Å². The summed E-state index contributed by atoms with van der Waals surface area (Å²) in [5.41, 5.74) is 0.443. The smallest absolute Gasteiger partial charge is 0.151 e. The highest BCUT2D eigenvalue weighted by molar-refractivity contribution is 9.10. The van der Waals surface area contributed by atoms with Gasteiger partial charge in [-0.15, -0.1) is 0 Å². The number of carbonyl (C=O) groups is 1. The second kappa shape index (κ2) is 6.11. The summed E-state index contributed by atoms with van der Waals surface area (Å²) < 4.78 is 14.1. The highest BCUT2D eigenvalue weighted by atomic mass is 79.9. The Morgan fingerprint density at radius 2 is 2.19 bits per heavy atom. The molecule has 0 atom stereocenters. The van der Waals surface area contributed by atoms with Crippen LogP contribution < -0.4 is 5.32 Å². The van der Waals surface area contributed by atoms with Crippen LogP contribution in [0.1, 0.15) is 19.4 Å². The first-order chi connectivity index (χ1) is 7.49. The van der Waals surface area contributed by atoms with Crippen molar-refractivity contribution in [3.05, 3.63) is 34.1 Å². The Morgan fingerprint density at radius 1 is 1.50 bits per heavy atom. The first-order valence-corrected chi connectivity index (χ1v) is 5.97. The lowest BCUT2D eigenvalue weighted by atomic mass is 10.1. The molecule has 4 heteroatoms. The molecule has 0 aliphatic heterocycles. The highest BCUT2D eigenvalue weighted by Crippen LogP contribution is 2.15. The van der Waals surface area contributed by atoms with Crippen LogP contribution in [-0.2, 0) is 11.2 Å². The monoisotopic (exact) mass is 287 g/mol. The van der Waals surface area contributed by atoms with Crippen molar-refractivity contribution in [3.8, 4) is 0 Å². The van der Waals surface area contributed by atoms with Gasteiger partial charge >= 0.3 is 0 Å². The Labute approximate surface area is 103 Å². The van der Waals surface area contributed by atoms with Crippen molar-refractivity contribution in [2.24, 2.45) is 0 Å². The van der Waals surface area contributed by atoms with E-state index in [0.717, 1.165) is 0 Å². The van der Waals surface area contributed by atoms with E-state index in [1.165, 1.54) is 6.07 Å². The number of rotatable bonds is 5. The number of halogens is 2. The molecule has 1 aromatic carbocycles. The number of hydrogen-bond acceptors (Lipinski definition) is 2. The highest BCUT2D eigenvalue weighted by Gasteiger charge is 2.08. The maximum absolute atomic E-state index is 13.4. The van der Waals surface area contributed by atoms with Gasteiger partial charge in [0.1, 0.15) is 5.82 Å². The molecule has 0 radical (unpaired) electrons. The number of Topliss-reactive ketones (excluding diaryl/α,β-unsaturated/α-hetero) is 1. The fourth-order valence-electron chi connectivity index (χ4n) is 1.26. The summed E-state index contributed by atoms with van der Waals surface area (Å²) in [6.07, 6.45) is 0.138. The molecule has 1 rings (SSSR count). The van der Waals surface area contributed by atoms with E-state index in [4.69, 9.17) is 0 Å². The van der Waals surface area contributed by atoms with Crippen molar-refractivity contribution >= 4 is 21.7 Å². The van der Waals surface area contributed by atoms with Gasteiger partial charge in [-0.2, -0.15) is 0 Å². The predicted octanol–water partition coefficient (Wildman–Crippen LogP) is 2.70. The largest absolute Gasteiger partial charge is 0.308 e. The maximum atomic E-state index is 13.4. The Kier molecular flexibility index (Phi) is 5.09. The summed E-state index contributed by atoms with van der Waals surface area (Å²) >= 11 is 3.18. The lowest BCUT2D eigenvalue weighted by molar-refractivity contribution is -0.117. The molecule has 16 heavy (non-hydrogen) atoms. The Hall–Kier alpha value is -0.740. The minimum Gasteiger partial charge on any atom is -0.308 e. The van der Waals surface area contributed by atoms with E-state index >= 15 is 0 Å². The lowest BCUT2D eigenvalue weighted by Crippen LogP contribution is -2.30. The first kappa shape index (κ1) is 13.3. The van der Waals surface area contributed by atoms with Crippen molar-refractivity contribution < 1.29 is 9.18 Å². The number of ketones is 1. The molecule has 2 nitrogen and oxygen atoms in total. The normalized spacial score (nSPS) is 10.8. The number of hydrogen-bond donors (Lipinski definition) is 1. The van der Waals surface area contributed by atoms with Crippen LogP contribution in [0.25, 0.3) is 0 Å². The van der Waals surface area contributed by atoms with Crippen LogP contribution in [-0.4, -0.2) is 18.4 Å². The van der Waals surface area contributed by atoms with Gasteiger partial charge in [0.25, 0.3) is 0 Å². The zero-order valence-corrected chi connectivity index (χ0v) is 11.0. The summed E-state index contributed by atoms with van der Waals surface area (Å²) in [7, 11) is 0. The van der Waals surface area contributed by atoms with E-state index in [1.807, 2.05) is 13.8 Å². The van der Waals surface area contributed by atoms with Gasteiger partial charge in [-0.25, -0.2) is 4.39 Å². The average molecular weight is 288 g/mol. The van der Waals surface area contributed by atoms with E-state index in [9.17, 15) is 9.18 Å². The Balaban J connectivity index is 2.56. The lowest BCUT2D eigenvalue weighted by Gasteiger charge is -2.07. The van der Waals surface area contributed by atoms with E-state index in [0.29, 0.717) is 10.0 Å². The molecule has 0 heterocycles. The van der Waals surface area contributed by atoms with Crippen molar-refractivity contribution in [1.82, 2.24) is 5.32 Å². The quantitative estimate of drug-likeness (QED) is 0.902. The zero-order chi connectivity index (χ0) is 12.1. The van der Waals surface area contributed by atoms with Crippen molar-refractivity contribution in [1.29, 1.82) is 0 Å². The van der Waals surface area contributed by atoms with E-state index in [2.05, 4.69) is 21.2 Å². The molecule has 0 unspecified atom stereocenters. The molecule has 0 fully saturated rings. The molecule has 1 aromatic rings. The minimum atomic E-state index is -0.340. The standard InChI is InChI=1S/C12H15BrFNO/c1-8(2)15-7-11(16)5-9-3-4-10(13)6-12(9)14/h3-4,6,8,15H,5,7H2,1-2H3. The van der Waals surface area contributed by atoms with Gasteiger partial charge in [-0.05, 0) is 17.7 Å². The maximum Gasteiger partial charge on any atom is 0.151 e. The first-order valence-electron chi connectivity index (χ1n) is 5.18. The molecular weight excluding hydrogens is 273 g/mol. The van der Waals surface area contributed by atoms with Gasteiger partial charge in [-0.1, -0.05) is 35.8 Å². The summed E-state index contributed by atoms with van der Waals surface area (Å²) in [5.74, 6) is -0.345. The number of benzene rings is 1. The summed E-state index contributed by atoms with van der Waals surface area (Å²) in [5, 5.41) is 3.02. The molecule has 0 aromatic heterocycles. The van der Waals surface area contributed by atoms with Gasteiger partial charge < -0.3 is 5.32 Å². The van der Waals surface area contributed by atoms with Crippen LogP contribution in [0, 0.1) is 5.82 Å². The van der Waals surface area contributed by atoms with E-state index in [1.54, 1.807) is 12.1 Å². The predicted molar refractivity (Wildman–Crippen MR) is 65.9 cm³/mol. The van der Waals surface area contributed by atoms with Gasteiger partial charge in [0.05, 0.1) is 6.54 Å². The average Bonchev–Trinajstić information content (AvgIpc) is 2.19. The van der Waals surface area contributed by atoms with E-state index < -0.39 is 0 Å². The molecule has 88 valence electrons. The Morgan fingerprint density at radius 3 is 2.75 bits per heavy atom. The molecule has 0 aliphatic rings. The Bertz CT molecular complexity index is 379. The van der Waals surface area contributed by atoms with Crippen LogP contribution in [0.4, 0.5) is 4.39 Å². The number of nitrogens with one attached hydrogen (secondary N) is 1. The molecule has 0 bridgehead atoms. The second-order valence-electron chi connectivity index (χ2n) is 3.99. The third kappa shape index (κ3) is 4.41. The topological polar surface area (TPSA) is 29.1 Å². The van der Waals surface area contributed by atoms with Crippen LogP contribution in [0.3, 0.4) is 0 Å². The fraction of sp³-hybridized carbons (Fsp3) is 0.417. The van der Waals surface area contributed by atoms with Gasteiger partial charge in [0.15, 0.2) is 5.78 Å². The summed E-state index contributed by atoms with van der Waals surface area (Å²) in [4.78, 5) is 11.5. The molecule has 0 saturated heterocycles. The van der Waals surface area contributed by atoms with Crippen LogP contribution in [0.15, 0.2) is 22.7 Å². The third-order valence-electron chi connectivity index (χ3n) is 2.11. The summed E-state index contributed by atoms with van der Waals surface area (Å²) in [6.45, 7) is 4.22. The minimum absolute atomic E-state index is 0.00470. The molecule has 0 amide bonds. The third-order valence-corrected chi connectivity index (χ3v) is 2.60. The van der Waals surface area contributed by atoms with Gasteiger partial charge in [0.2, 0.25) is 0 Å². The van der Waals surface area contributed by atoms with Crippen LogP contribution >= 0.6 is 15.9 Å². The molecule has 0 saturated carbocycles. The van der Waals surface area contributed by atoms with Crippen LogP contribution in [0.5, 0.6) is 0 Å². The van der Waals surface area contributed by atoms with Crippen molar-refractivity contribution in [3.63, 3.8) is 0 Å². The van der Waals surface area contributed by atoms with Gasteiger partial charge in [-0.3, -0.25) is 4.79 Å². The van der Waals surface area contributed by atoms with Crippen LogP contribution in [0.2, 0.25) is 0 Å². The molecule has 0 spiro atoms. The van der Waals surface area contributed by atoms with Crippen molar-refractivity contribution in [2.45, 2.75) is 26.3 Å². The number of carbonyl (C=O) groups excluding carboxylic acids is 1. The molecule has 0 aliphatic carbocycles. The second-order valence-corrected chi connectivity index (χ2v) is 4.90. The zero-order valence-electron chi connectivity index (χ0n) is 9.39. The fourth-order valence-corrected chi connectivity index (χ4v) is 1.59. The SMILES string of the molecule is CC(C)NCC(=O)Cc1ccc(Br)cc1F. The molecular formula is C12H15BrFNO. The molecule has 1 N–H and O–H groups in total. The van der Waals surface area contributed by atoms with E-state index in [-0.39, 0.29) is 30.6 Å². The summed E-state index contributed by atoms with van der Waals surface area (Å²) in [6, 6.07) is 5.01. The van der Waals surface area contributed by atoms with Gasteiger partial charge in [0, 0.05) is 16.9 Å².